The Hall–Kier alpha value is -0.910. The van der Waals surface area contributed by atoms with Crippen LogP contribution in [-0.2, 0) is 4.74 Å². The fraction of sp³-hybridized carbons (Fsp3) is 0.600. The molecule has 0 spiro atoms. The SMILES string of the molecule is CNCC1COCCN1c1ncncc1Cl. The lowest BCUT2D eigenvalue weighted by atomic mass is 10.2. The Morgan fingerprint density at radius 2 is 2.56 bits per heavy atom. The number of anilines is 1. The van der Waals surface area contributed by atoms with Crippen LogP contribution < -0.4 is 10.2 Å². The summed E-state index contributed by atoms with van der Waals surface area (Å²) in [6.45, 7) is 3.06. The van der Waals surface area contributed by atoms with Gasteiger partial charge in [0, 0.05) is 13.1 Å². The molecule has 2 rings (SSSR count). The van der Waals surface area contributed by atoms with Crippen molar-refractivity contribution in [2.75, 3.05) is 38.3 Å². The van der Waals surface area contributed by atoms with Crippen LogP contribution in [0.4, 0.5) is 5.82 Å². The summed E-state index contributed by atoms with van der Waals surface area (Å²) in [6, 6.07) is 0.270. The van der Waals surface area contributed by atoms with Crippen LogP contribution in [-0.4, -0.2) is 49.4 Å². The number of nitrogens with one attached hydrogen (secondary N) is 1. The van der Waals surface area contributed by atoms with Crippen molar-refractivity contribution >= 4 is 17.4 Å². The van der Waals surface area contributed by atoms with Crippen LogP contribution in [0.5, 0.6) is 0 Å². The fourth-order valence-electron chi connectivity index (χ4n) is 1.86. The number of ether oxygens (including phenoxy) is 1. The highest BCUT2D eigenvalue weighted by Crippen LogP contribution is 2.24. The molecule has 0 amide bonds. The van der Waals surface area contributed by atoms with Crippen molar-refractivity contribution in [2.24, 2.45) is 0 Å². The molecule has 0 bridgehead atoms. The highest BCUT2D eigenvalue weighted by Gasteiger charge is 2.25. The van der Waals surface area contributed by atoms with Gasteiger partial charge in [-0.3, -0.25) is 0 Å². The van der Waals surface area contributed by atoms with E-state index in [2.05, 4.69) is 20.2 Å². The second kappa shape index (κ2) is 5.43. The first kappa shape index (κ1) is 11.6. The fourth-order valence-corrected chi connectivity index (χ4v) is 2.07. The largest absolute Gasteiger partial charge is 0.377 e. The van der Waals surface area contributed by atoms with Crippen molar-refractivity contribution in [3.05, 3.63) is 17.5 Å². The van der Waals surface area contributed by atoms with E-state index in [1.54, 1.807) is 6.20 Å². The molecule has 16 heavy (non-hydrogen) atoms. The molecule has 1 fully saturated rings. The minimum atomic E-state index is 0.270. The Labute approximate surface area is 99.8 Å². The third kappa shape index (κ3) is 2.42. The molecule has 1 aromatic rings. The molecule has 2 heterocycles. The number of likely N-dealkylation sites (N-methyl/N-ethyl adjacent to an activating group) is 1. The molecule has 88 valence electrons. The highest BCUT2D eigenvalue weighted by molar-refractivity contribution is 6.32. The number of rotatable bonds is 3. The molecule has 1 atom stereocenters. The maximum Gasteiger partial charge on any atom is 0.151 e. The van der Waals surface area contributed by atoms with E-state index in [0.717, 1.165) is 18.9 Å². The van der Waals surface area contributed by atoms with Crippen molar-refractivity contribution in [1.29, 1.82) is 0 Å². The lowest BCUT2D eigenvalue weighted by molar-refractivity contribution is 0.0939. The van der Waals surface area contributed by atoms with Gasteiger partial charge < -0.3 is 15.0 Å². The molecule has 1 aromatic heterocycles. The molecular formula is C10H15ClN4O. The molecular weight excluding hydrogens is 228 g/mol. The number of hydrogen-bond acceptors (Lipinski definition) is 5. The normalized spacial score (nSPS) is 21.1. The summed E-state index contributed by atoms with van der Waals surface area (Å²) in [5, 5.41) is 3.74. The second-order valence-electron chi connectivity index (χ2n) is 3.67. The Balaban J connectivity index is 2.19. The van der Waals surface area contributed by atoms with E-state index >= 15 is 0 Å². The zero-order valence-electron chi connectivity index (χ0n) is 9.19. The number of morpholine rings is 1. The smallest absolute Gasteiger partial charge is 0.151 e. The lowest BCUT2D eigenvalue weighted by Gasteiger charge is -2.36. The van der Waals surface area contributed by atoms with Crippen LogP contribution in [0.15, 0.2) is 12.5 Å². The summed E-state index contributed by atoms with van der Waals surface area (Å²) < 4.78 is 5.46. The maximum absolute atomic E-state index is 6.10. The van der Waals surface area contributed by atoms with E-state index in [4.69, 9.17) is 16.3 Å². The third-order valence-electron chi connectivity index (χ3n) is 2.59. The summed E-state index contributed by atoms with van der Waals surface area (Å²) in [5.41, 5.74) is 0. The number of nitrogens with zero attached hydrogens (tertiary/aromatic N) is 3. The first-order valence-corrected chi connectivity index (χ1v) is 5.65. The van der Waals surface area contributed by atoms with Gasteiger partial charge in [0.05, 0.1) is 25.5 Å². The predicted molar refractivity (Wildman–Crippen MR) is 62.9 cm³/mol. The number of hydrogen-bond donors (Lipinski definition) is 1. The van der Waals surface area contributed by atoms with Gasteiger partial charge in [-0.25, -0.2) is 9.97 Å². The van der Waals surface area contributed by atoms with Gasteiger partial charge in [-0.2, -0.15) is 0 Å². The Kier molecular flexibility index (Phi) is 3.93. The third-order valence-corrected chi connectivity index (χ3v) is 2.85. The molecule has 1 N–H and O–H groups in total. The monoisotopic (exact) mass is 242 g/mol. The molecule has 5 nitrogen and oxygen atoms in total. The van der Waals surface area contributed by atoms with Gasteiger partial charge >= 0.3 is 0 Å². The van der Waals surface area contributed by atoms with Crippen LogP contribution in [0.2, 0.25) is 5.02 Å². The van der Waals surface area contributed by atoms with Gasteiger partial charge in [0.2, 0.25) is 0 Å². The average Bonchev–Trinajstić information content (AvgIpc) is 2.31. The molecule has 0 aromatic carbocycles. The summed E-state index contributed by atoms with van der Waals surface area (Å²) >= 11 is 6.10. The van der Waals surface area contributed by atoms with E-state index < -0.39 is 0 Å². The standard InChI is InChI=1S/C10H15ClN4O/c1-12-4-8-6-16-3-2-15(8)10-9(11)5-13-7-14-10/h5,7-8,12H,2-4,6H2,1H3. The molecule has 1 aliphatic rings. The molecule has 0 radical (unpaired) electrons. The molecule has 0 aliphatic carbocycles. The van der Waals surface area contributed by atoms with E-state index in [9.17, 15) is 0 Å². The van der Waals surface area contributed by atoms with E-state index in [-0.39, 0.29) is 6.04 Å². The van der Waals surface area contributed by atoms with Crippen LogP contribution in [0, 0.1) is 0 Å². The van der Waals surface area contributed by atoms with Crippen LogP contribution in [0.25, 0.3) is 0 Å². The van der Waals surface area contributed by atoms with Gasteiger partial charge in [-0.05, 0) is 7.05 Å². The minimum Gasteiger partial charge on any atom is -0.377 e. The van der Waals surface area contributed by atoms with Gasteiger partial charge in [-0.1, -0.05) is 11.6 Å². The zero-order chi connectivity index (χ0) is 11.4. The quantitative estimate of drug-likeness (QED) is 0.839. The molecule has 0 saturated carbocycles. The van der Waals surface area contributed by atoms with Gasteiger partial charge in [0.25, 0.3) is 0 Å². The van der Waals surface area contributed by atoms with E-state index in [0.29, 0.717) is 18.2 Å². The Morgan fingerprint density at radius 3 is 3.31 bits per heavy atom. The summed E-state index contributed by atoms with van der Waals surface area (Å²) in [7, 11) is 1.92. The van der Waals surface area contributed by atoms with Crippen LogP contribution >= 0.6 is 11.6 Å². The van der Waals surface area contributed by atoms with Crippen molar-refractivity contribution in [3.63, 3.8) is 0 Å². The summed E-state index contributed by atoms with van der Waals surface area (Å²) in [5.74, 6) is 0.792. The van der Waals surface area contributed by atoms with E-state index in [1.165, 1.54) is 6.33 Å². The molecule has 1 saturated heterocycles. The van der Waals surface area contributed by atoms with Gasteiger partial charge in [0.1, 0.15) is 11.3 Å². The topological polar surface area (TPSA) is 50.3 Å². The van der Waals surface area contributed by atoms with Crippen molar-refractivity contribution in [2.45, 2.75) is 6.04 Å². The predicted octanol–water partition coefficient (Wildman–Crippen LogP) is 0.555. The summed E-state index contributed by atoms with van der Waals surface area (Å²) in [4.78, 5) is 10.3. The van der Waals surface area contributed by atoms with E-state index in [1.807, 2.05) is 7.05 Å². The first-order chi connectivity index (χ1) is 7.83. The lowest BCUT2D eigenvalue weighted by Crippen LogP contribution is -2.50. The average molecular weight is 243 g/mol. The van der Waals surface area contributed by atoms with Gasteiger partial charge in [-0.15, -0.1) is 0 Å². The Morgan fingerprint density at radius 1 is 1.69 bits per heavy atom. The highest BCUT2D eigenvalue weighted by atomic mass is 35.5. The second-order valence-corrected chi connectivity index (χ2v) is 4.08. The summed E-state index contributed by atoms with van der Waals surface area (Å²) in [6.07, 6.45) is 3.14. The molecule has 6 heteroatoms. The maximum atomic E-state index is 6.10. The van der Waals surface area contributed by atoms with Crippen LogP contribution in [0.3, 0.4) is 0 Å². The zero-order valence-corrected chi connectivity index (χ0v) is 9.94. The first-order valence-electron chi connectivity index (χ1n) is 5.27. The van der Waals surface area contributed by atoms with Crippen LogP contribution in [0.1, 0.15) is 0 Å². The Bertz CT molecular complexity index is 347. The molecule has 1 unspecified atom stereocenters. The number of aromatic nitrogens is 2. The molecule has 1 aliphatic heterocycles. The van der Waals surface area contributed by atoms with Gasteiger partial charge in [0.15, 0.2) is 5.82 Å². The number of halogens is 1. The minimum absolute atomic E-state index is 0.270. The van der Waals surface area contributed by atoms with Crippen molar-refractivity contribution < 1.29 is 4.74 Å². The van der Waals surface area contributed by atoms with Crippen molar-refractivity contribution in [3.8, 4) is 0 Å². The van der Waals surface area contributed by atoms with Crippen molar-refractivity contribution in [1.82, 2.24) is 15.3 Å².